The van der Waals surface area contributed by atoms with Gasteiger partial charge in [0.1, 0.15) is 10.7 Å². The number of benzene rings is 2. The molecule has 7 nitrogen and oxygen atoms in total. The van der Waals surface area contributed by atoms with E-state index in [0.29, 0.717) is 10.7 Å². The van der Waals surface area contributed by atoms with Crippen molar-refractivity contribution in [1.29, 1.82) is 0 Å². The van der Waals surface area contributed by atoms with Gasteiger partial charge in [0.25, 0.3) is 17.5 Å². The van der Waals surface area contributed by atoms with Crippen LogP contribution in [0.2, 0.25) is 5.02 Å². The van der Waals surface area contributed by atoms with E-state index in [1.54, 1.807) is 24.3 Å². The van der Waals surface area contributed by atoms with Gasteiger partial charge in [-0.15, -0.1) is 0 Å². The molecule has 9 heteroatoms. The average Bonchev–Trinajstić information content (AvgIpc) is 2.79. The summed E-state index contributed by atoms with van der Waals surface area (Å²) in [5.41, 5.74) is 0.431. The Morgan fingerprint density at radius 2 is 1.68 bits per heavy atom. The molecule has 0 fully saturated rings. The second kappa shape index (κ2) is 6.54. The standard InChI is InChI=1S/C16H9Cl2N3O4/c17-9-2-1-3-10(8-9)19-14-13(18)15(22)20(16(14)23)11-4-6-12(7-5-11)21(24)25/h1-8,19H. The molecule has 0 saturated heterocycles. The molecule has 2 amide bonds. The topological polar surface area (TPSA) is 92.6 Å². The highest BCUT2D eigenvalue weighted by molar-refractivity contribution is 6.53. The van der Waals surface area contributed by atoms with E-state index in [0.717, 1.165) is 4.90 Å². The van der Waals surface area contributed by atoms with Gasteiger partial charge in [0, 0.05) is 22.8 Å². The van der Waals surface area contributed by atoms with Crippen LogP contribution in [0.15, 0.2) is 59.3 Å². The quantitative estimate of drug-likeness (QED) is 0.498. The van der Waals surface area contributed by atoms with E-state index in [-0.39, 0.29) is 22.1 Å². The number of nitro benzene ring substituents is 1. The van der Waals surface area contributed by atoms with E-state index in [1.165, 1.54) is 24.3 Å². The molecule has 0 radical (unpaired) electrons. The number of amides is 2. The third-order valence-electron chi connectivity index (χ3n) is 3.44. The van der Waals surface area contributed by atoms with Crippen LogP contribution >= 0.6 is 23.2 Å². The third kappa shape index (κ3) is 3.19. The molecular weight excluding hydrogens is 369 g/mol. The van der Waals surface area contributed by atoms with Gasteiger partial charge >= 0.3 is 0 Å². The van der Waals surface area contributed by atoms with Crippen molar-refractivity contribution in [3.8, 4) is 0 Å². The number of nitrogens with zero attached hydrogens (tertiary/aromatic N) is 2. The third-order valence-corrected chi connectivity index (χ3v) is 4.03. The number of imide groups is 1. The summed E-state index contributed by atoms with van der Waals surface area (Å²) in [6.07, 6.45) is 0. The number of carbonyl (C=O) groups is 2. The lowest BCUT2D eigenvalue weighted by atomic mass is 10.2. The van der Waals surface area contributed by atoms with Crippen molar-refractivity contribution in [2.24, 2.45) is 0 Å². The summed E-state index contributed by atoms with van der Waals surface area (Å²) in [7, 11) is 0. The van der Waals surface area contributed by atoms with Crippen LogP contribution in [0.4, 0.5) is 17.1 Å². The Hall–Kier alpha value is -2.90. The Kier molecular flexibility index (Phi) is 4.43. The molecule has 0 saturated carbocycles. The zero-order valence-electron chi connectivity index (χ0n) is 12.4. The van der Waals surface area contributed by atoms with Crippen molar-refractivity contribution in [3.05, 3.63) is 74.4 Å². The Morgan fingerprint density at radius 1 is 1.00 bits per heavy atom. The molecule has 1 aliphatic rings. The van der Waals surface area contributed by atoms with E-state index in [4.69, 9.17) is 23.2 Å². The fraction of sp³-hybridized carbons (Fsp3) is 0. The normalized spacial score (nSPS) is 14.2. The van der Waals surface area contributed by atoms with Gasteiger partial charge in [-0.05, 0) is 30.3 Å². The molecule has 2 aromatic carbocycles. The summed E-state index contributed by atoms with van der Waals surface area (Å²) in [5, 5.41) is 13.7. The zero-order chi connectivity index (χ0) is 18.1. The van der Waals surface area contributed by atoms with Gasteiger partial charge in [0.05, 0.1) is 10.6 Å². The van der Waals surface area contributed by atoms with Crippen LogP contribution in [0.3, 0.4) is 0 Å². The van der Waals surface area contributed by atoms with Gasteiger partial charge in [0.2, 0.25) is 0 Å². The summed E-state index contributed by atoms with van der Waals surface area (Å²) < 4.78 is 0. The van der Waals surface area contributed by atoms with Crippen LogP contribution in [0, 0.1) is 10.1 Å². The van der Waals surface area contributed by atoms with Crippen LogP contribution in [-0.2, 0) is 9.59 Å². The van der Waals surface area contributed by atoms with E-state index < -0.39 is 16.7 Å². The highest BCUT2D eigenvalue weighted by atomic mass is 35.5. The molecule has 1 heterocycles. The van der Waals surface area contributed by atoms with Crippen LogP contribution in [0.1, 0.15) is 0 Å². The molecule has 1 N–H and O–H groups in total. The van der Waals surface area contributed by atoms with Crippen LogP contribution in [-0.4, -0.2) is 16.7 Å². The summed E-state index contributed by atoms with van der Waals surface area (Å²) in [5.74, 6) is -1.38. The highest BCUT2D eigenvalue weighted by Gasteiger charge is 2.39. The minimum absolute atomic E-state index is 0.0905. The summed E-state index contributed by atoms with van der Waals surface area (Å²) in [4.78, 5) is 35.9. The molecule has 3 rings (SSSR count). The second-order valence-electron chi connectivity index (χ2n) is 5.04. The first-order valence-corrected chi connectivity index (χ1v) is 7.69. The van der Waals surface area contributed by atoms with E-state index in [2.05, 4.69) is 5.32 Å². The number of non-ortho nitro benzene ring substituents is 1. The zero-order valence-corrected chi connectivity index (χ0v) is 13.9. The largest absolute Gasteiger partial charge is 0.350 e. The number of hydrogen-bond donors (Lipinski definition) is 1. The minimum atomic E-state index is -0.718. The maximum absolute atomic E-state index is 12.6. The summed E-state index contributed by atoms with van der Waals surface area (Å²) in [6.45, 7) is 0. The number of rotatable bonds is 4. The van der Waals surface area contributed by atoms with Crippen molar-refractivity contribution in [1.82, 2.24) is 0 Å². The number of nitrogens with one attached hydrogen (secondary N) is 1. The first-order chi connectivity index (χ1) is 11.9. The number of halogens is 2. The molecule has 0 spiro atoms. The molecule has 0 unspecified atom stereocenters. The Balaban J connectivity index is 1.89. The van der Waals surface area contributed by atoms with E-state index >= 15 is 0 Å². The Morgan fingerprint density at radius 3 is 2.28 bits per heavy atom. The van der Waals surface area contributed by atoms with Crippen molar-refractivity contribution in [2.75, 3.05) is 10.2 Å². The van der Waals surface area contributed by atoms with Crippen LogP contribution in [0.25, 0.3) is 0 Å². The average molecular weight is 378 g/mol. The van der Waals surface area contributed by atoms with Gasteiger partial charge in [-0.1, -0.05) is 29.3 Å². The molecule has 2 aromatic rings. The van der Waals surface area contributed by atoms with Crippen LogP contribution < -0.4 is 10.2 Å². The number of nitro groups is 1. The number of hydrogen-bond acceptors (Lipinski definition) is 5. The molecule has 25 heavy (non-hydrogen) atoms. The van der Waals surface area contributed by atoms with Crippen LogP contribution in [0.5, 0.6) is 0 Å². The number of anilines is 2. The van der Waals surface area contributed by atoms with Gasteiger partial charge in [-0.25, -0.2) is 4.90 Å². The van der Waals surface area contributed by atoms with Gasteiger partial charge < -0.3 is 5.32 Å². The Bertz CT molecular complexity index is 925. The van der Waals surface area contributed by atoms with Crippen molar-refractivity contribution >= 4 is 52.1 Å². The maximum atomic E-state index is 12.6. The van der Waals surface area contributed by atoms with Crippen molar-refractivity contribution in [3.63, 3.8) is 0 Å². The van der Waals surface area contributed by atoms with Gasteiger partial charge in [-0.2, -0.15) is 0 Å². The monoisotopic (exact) mass is 377 g/mol. The lowest BCUT2D eigenvalue weighted by Gasteiger charge is -2.14. The predicted molar refractivity (Wildman–Crippen MR) is 93.5 cm³/mol. The van der Waals surface area contributed by atoms with Gasteiger partial charge in [-0.3, -0.25) is 19.7 Å². The predicted octanol–water partition coefficient (Wildman–Crippen LogP) is 3.68. The van der Waals surface area contributed by atoms with E-state index in [1.807, 2.05) is 0 Å². The van der Waals surface area contributed by atoms with Crippen molar-refractivity contribution in [2.45, 2.75) is 0 Å². The molecule has 0 aliphatic carbocycles. The summed E-state index contributed by atoms with van der Waals surface area (Å²) in [6, 6.07) is 11.6. The SMILES string of the molecule is O=C1C(Cl)=C(Nc2cccc(Cl)c2)C(=O)N1c1ccc([N+](=O)[O-])cc1. The molecule has 0 atom stereocenters. The molecule has 126 valence electrons. The first-order valence-electron chi connectivity index (χ1n) is 6.94. The second-order valence-corrected chi connectivity index (χ2v) is 5.86. The molecule has 0 bridgehead atoms. The lowest BCUT2D eigenvalue weighted by Crippen LogP contribution is -2.32. The molecule has 0 aromatic heterocycles. The fourth-order valence-corrected chi connectivity index (χ4v) is 2.68. The first kappa shape index (κ1) is 16.9. The highest BCUT2D eigenvalue weighted by Crippen LogP contribution is 2.31. The maximum Gasteiger partial charge on any atom is 0.283 e. The van der Waals surface area contributed by atoms with E-state index in [9.17, 15) is 19.7 Å². The molecular formula is C16H9Cl2N3O4. The smallest absolute Gasteiger partial charge is 0.283 e. The number of carbonyl (C=O) groups excluding carboxylic acids is 2. The fourth-order valence-electron chi connectivity index (χ4n) is 2.28. The summed E-state index contributed by atoms with van der Waals surface area (Å²) >= 11 is 11.9. The minimum Gasteiger partial charge on any atom is -0.350 e. The molecule has 1 aliphatic heterocycles. The lowest BCUT2D eigenvalue weighted by molar-refractivity contribution is -0.384. The van der Waals surface area contributed by atoms with Crippen molar-refractivity contribution < 1.29 is 14.5 Å². The van der Waals surface area contributed by atoms with Gasteiger partial charge in [0.15, 0.2) is 0 Å². The Labute approximate surface area is 151 Å².